The molecule has 9 heteroatoms. The summed E-state index contributed by atoms with van der Waals surface area (Å²) in [6.07, 6.45) is 24.7. The first kappa shape index (κ1) is 45.4. The number of ether oxygens (including phenoxy) is 1. The van der Waals surface area contributed by atoms with Gasteiger partial charge in [0.05, 0.1) is 29.6 Å². The van der Waals surface area contributed by atoms with Crippen LogP contribution in [-0.2, 0) is 14.3 Å². The van der Waals surface area contributed by atoms with E-state index in [-0.39, 0.29) is 17.8 Å². The highest BCUT2D eigenvalue weighted by Crippen LogP contribution is 2.29. The predicted molar refractivity (Wildman–Crippen MR) is 221 cm³/mol. The lowest BCUT2D eigenvalue weighted by molar-refractivity contribution is -0.112. The van der Waals surface area contributed by atoms with Gasteiger partial charge in [0, 0.05) is 26.6 Å². The molecule has 2 unspecified atom stereocenters. The Morgan fingerprint density at radius 1 is 1.08 bits per heavy atom. The van der Waals surface area contributed by atoms with E-state index in [0.29, 0.717) is 42.6 Å². The standard InChI is InChI=1S/C29H41FN4O2.C15H29NO/c1-6-24(21-36)34(25-15-11-12-16-25)29(28(7-2)33(4)5)32-22(3)31-27-18-17-23(20-26(27)30)14-10-8-9-13-19-35;1-5-8-15(14(16-4)11-12(2)3)17-13-9-6-7-10-13/h7,10,14,17-21,24-25,31H,3,6,8-9,11-13,15-16H2,1-2,4-5H3;8,12-14,16H,5-7,9-11H2,1-4H3/b14-10+,28-7+,32-29+;15-8-. The molecule has 0 saturated heterocycles. The number of allylic oxidation sites excluding steroid dienone is 3. The maximum absolute atomic E-state index is 14.9. The first-order valence-corrected chi connectivity index (χ1v) is 20.1. The van der Waals surface area contributed by atoms with Crippen molar-refractivity contribution in [3.05, 3.63) is 71.7 Å². The lowest BCUT2D eigenvalue weighted by Crippen LogP contribution is -2.49. The van der Waals surface area contributed by atoms with Crippen LogP contribution in [0.25, 0.3) is 6.08 Å². The predicted octanol–water partition coefficient (Wildman–Crippen LogP) is 10.1. The fourth-order valence-electron chi connectivity index (χ4n) is 7.08. The summed E-state index contributed by atoms with van der Waals surface area (Å²) in [6, 6.07) is 5.24. The zero-order valence-electron chi connectivity index (χ0n) is 34.1. The number of likely N-dealkylation sites (N-methyl/N-ethyl adjacent to an activating group) is 2. The van der Waals surface area contributed by atoms with E-state index in [1.165, 1.54) is 37.5 Å². The van der Waals surface area contributed by atoms with Gasteiger partial charge in [0.1, 0.15) is 30.0 Å². The van der Waals surface area contributed by atoms with Crippen LogP contribution in [0.4, 0.5) is 10.1 Å². The topological polar surface area (TPSA) is 86.3 Å². The number of halogens is 1. The van der Waals surface area contributed by atoms with E-state index in [4.69, 9.17) is 9.73 Å². The molecule has 3 rings (SSSR count). The van der Waals surface area contributed by atoms with Crippen LogP contribution >= 0.6 is 0 Å². The van der Waals surface area contributed by atoms with E-state index in [9.17, 15) is 14.0 Å². The van der Waals surface area contributed by atoms with Gasteiger partial charge in [-0.05, 0) is 114 Å². The van der Waals surface area contributed by atoms with Gasteiger partial charge in [-0.15, -0.1) is 0 Å². The number of benzene rings is 1. The molecule has 2 fully saturated rings. The number of rotatable bonds is 21. The third-order valence-electron chi connectivity index (χ3n) is 9.80. The van der Waals surface area contributed by atoms with Crippen LogP contribution in [-0.4, -0.2) is 73.6 Å². The number of aldehydes is 2. The number of anilines is 1. The number of unbranched alkanes of at least 4 members (excludes halogenated alkanes) is 2. The van der Waals surface area contributed by atoms with E-state index in [1.807, 2.05) is 64.2 Å². The molecule has 2 aliphatic carbocycles. The number of hydrogen-bond donors (Lipinski definition) is 2. The minimum Gasteiger partial charge on any atom is -0.493 e. The molecule has 1 aromatic carbocycles. The van der Waals surface area contributed by atoms with Crippen LogP contribution in [0.3, 0.4) is 0 Å². The number of nitrogens with zero attached hydrogens (tertiary/aromatic N) is 3. The van der Waals surface area contributed by atoms with Crippen LogP contribution in [0.5, 0.6) is 0 Å². The summed E-state index contributed by atoms with van der Waals surface area (Å²) in [7, 11) is 5.93. The Morgan fingerprint density at radius 2 is 1.75 bits per heavy atom. The monoisotopic (exact) mass is 736 g/mol. The second-order valence-electron chi connectivity index (χ2n) is 14.8. The third-order valence-corrected chi connectivity index (χ3v) is 9.80. The average molecular weight is 736 g/mol. The SMILES string of the molecule is C=C(/N=C(\C(=C/C)N(C)C)N(C(C=O)CC)C1CCCC1)Nc1ccc(/C=C/CCCC=O)cc1F.CC/C=C(\OC1CCCC1)C(CC(C)C)NC. The number of carbonyl (C=O) groups excluding carboxylic acids is 2. The van der Waals surface area contributed by atoms with Gasteiger partial charge in [-0.25, -0.2) is 9.38 Å². The molecular formula is C44H70FN5O3. The second-order valence-corrected chi connectivity index (χ2v) is 14.8. The number of hydrogen-bond acceptors (Lipinski definition) is 7. The molecular weight excluding hydrogens is 666 g/mol. The molecule has 2 atom stereocenters. The highest BCUT2D eigenvalue weighted by molar-refractivity contribution is 6.00. The molecule has 296 valence electrons. The van der Waals surface area contributed by atoms with Crippen molar-refractivity contribution < 1.29 is 18.7 Å². The molecule has 0 bridgehead atoms. The lowest BCUT2D eigenvalue weighted by Gasteiger charge is -2.38. The Kier molecular flexibility index (Phi) is 21.7. The number of aliphatic imine (C=N–C) groups is 1. The van der Waals surface area contributed by atoms with Crippen molar-refractivity contribution in [3.8, 4) is 0 Å². The van der Waals surface area contributed by atoms with Gasteiger partial charge in [0.15, 0.2) is 5.84 Å². The zero-order valence-corrected chi connectivity index (χ0v) is 34.1. The van der Waals surface area contributed by atoms with E-state index >= 15 is 0 Å². The summed E-state index contributed by atoms with van der Waals surface area (Å²) in [5.41, 5.74) is 1.90. The van der Waals surface area contributed by atoms with Crippen LogP contribution in [0.2, 0.25) is 0 Å². The average Bonchev–Trinajstić information content (AvgIpc) is 3.86. The first-order valence-electron chi connectivity index (χ1n) is 20.1. The molecule has 0 aromatic heterocycles. The zero-order chi connectivity index (χ0) is 39.2. The number of nitrogens with one attached hydrogen (secondary N) is 2. The first-order chi connectivity index (χ1) is 25.5. The van der Waals surface area contributed by atoms with Gasteiger partial charge in [0.2, 0.25) is 0 Å². The fourth-order valence-corrected chi connectivity index (χ4v) is 7.08. The van der Waals surface area contributed by atoms with Crippen LogP contribution in [0.1, 0.15) is 130 Å². The molecule has 2 aliphatic rings. The number of amidine groups is 1. The van der Waals surface area contributed by atoms with E-state index in [0.717, 1.165) is 75.2 Å². The van der Waals surface area contributed by atoms with Crippen LogP contribution in [0.15, 0.2) is 65.3 Å². The van der Waals surface area contributed by atoms with E-state index in [1.54, 1.807) is 6.07 Å². The highest BCUT2D eigenvalue weighted by Gasteiger charge is 2.32. The minimum absolute atomic E-state index is 0.218. The lowest BCUT2D eigenvalue weighted by atomic mass is 10.0. The molecule has 0 heterocycles. The summed E-state index contributed by atoms with van der Waals surface area (Å²) < 4.78 is 21.1. The van der Waals surface area contributed by atoms with Gasteiger partial charge in [-0.2, -0.15) is 0 Å². The molecule has 0 radical (unpaired) electrons. The highest BCUT2D eigenvalue weighted by atomic mass is 19.1. The Balaban J connectivity index is 0.000000477. The minimum atomic E-state index is -0.409. The van der Waals surface area contributed by atoms with E-state index in [2.05, 4.69) is 49.0 Å². The van der Waals surface area contributed by atoms with Crippen molar-refractivity contribution in [2.45, 2.75) is 149 Å². The van der Waals surface area contributed by atoms with Gasteiger partial charge < -0.3 is 34.8 Å². The normalized spacial score (nSPS) is 17.1. The number of carbonyl (C=O) groups is 2. The Hall–Kier alpha value is -3.72. The molecule has 8 nitrogen and oxygen atoms in total. The Bertz CT molecular complexity index is 1370. The smallest absolute Gasteiger partial charge is 0.155 e. The van der Waals surface area contributed by atoms with Crippen molar-refractivity contribution in [2.75, 3.05) is 26.5 Å². The van der Waals surface area contributed by atoms with E-state index < -0.39 is 5.82 Å². The summed E-state index contributed by atoms with van der Waals surface area (Å²) in [5, 5.41) is 6.41. The third kappa shape index (κ3) is 15.7. The van der Waals surface area contributed by atoms with Crippen molar-refractivity contribution >= 4 is 30.2 Å². The molecule has 1 aromatic rings. The molecule has 53 heavy (non-hydrogen) atoms. The summed E-state index contributed by atoms with van der Waals surface area (Å²) in [4.78, 5) is 31.4. The molecule has 2 saturated carbocycles. The van der Waals surface area contributed by atoms with Crippen LogP contribution < -0.4 is 10.6 Å². The largest absolute Gasteiger partial charge is 0.493 e. The van der Waals surface area contributed by atoms with Crippen molar-refractivity contribution in [3.63, 3.8) is 0 Å². The maximum atomic E-state index is 14.9. The maximum Gasteiger partial charge on any atom is 0.155 e. The van der Waals surface area contributed by atoms with Crippen molar-refractivity contribution in [2.24, 2.45) is 10.9 Å². The van der Waals surface area contributed by atoms with Gasteiger partial charge in [-0.3, -0.25) is 0 Å². The molecule has 0 aliphatic heterocycles. The second kappa shape index (κ2) is 25.3. The summed E-state index contributed by atoms with van der Waals surface area (Å²) >= 11 is 0. The molecule has 0 spiro atoms. The molecule has 0 amide bonds. The molecule has 2 N–H and O–H groups in total. The Labute approximate surface area is 321 Å². The summed E-state index contributed by atoms with van der Waals surface area (Å²) in [6.45, 7) is 14.7. The van der Waals surface area contributed by atoms with Gasteiger partial charge in [-0.1, -0.05) is 71.4 Å². The fraction of sp³-hybridized carbons (Fsp3) is 0.614. The quantitative estimate of drug-likeness (QED) is 0.0427. The van der Waals surface area contributed by atoms with Gasteiger partial charge >= 0.3 is 0 Å². The van der Waals surface area contributed by atoms with Gasteiger partial charge in [0.25, 0.3) is 0 Å². The van der Waals surface area contributed by atoms with Crippen molar-refractivity contribution in [1.82, 2.24) is 15.1 Å². The van der Waals surface area contributed by atoms with Crippen molar-refractivity contribution in [1.29, 1.82) is 0 Å². The van der Waals surface area contributed by atoms with Crippen LogP contribution in [0, 0.1) is 11.7 Å². The Morgan fingerprint density at radius 3 is 2.28 bits per heavy atom. The summed E-state index contributed by atoms with van der Waals surface area (Å²) in [5.74, 6) is 2.43.